The molecule has 0 aliphatic heterocycles. The number of unbranched alkanes of at least 4 members (excludes halogenated alkanes) is 1. The summed E-state index contributed by atoms with van der Waals surface area (Å²) in [6.07, 6.45) is 6.49. The van der Waals surface area contributed by atoms with Crippen LogP contribution in [0.15, 0.2) is 12.7 Å². The number of fused-ring (bicyclic) bond motifs is 1. The average Bonchev–Trinajstić information content (AvgIpc) is 2.80. The lowest BCUT2D eigenvalue weighted by atomic mass is 10.0. The van der Waals surface area contributed by atoms with Gasteiger partial charge in [0.1, 0.15) is 11.8 Å². The van der Waals surface area contributed by atoms with Crippen LogP contribution in [0.5, 0.6) is 0 Å². The lowest BCUT2D eigenvalue weighted by molar-refractivity contribution is 0.416. The van der Waals surface area contributed by atoms with Crippen LogP contribution < -0.4 is 11.5 Å². The molecule has 2 atom stereocenters. The van der Waals surface area contributed by atoms with Crippen molar-refractivity contribution in [2.24, 2.45) is 5.73 Å². The minimum atomic E-state index is 0.0959. The van der Waals surface area contributed by atoms with Gasteiger partial charge < -0.3 is 16.0 Å². The van der Waals surface area contributed by atoms with Crippen LogP contribution in [-0.2, 0) is 0 Å². The molecule has 6 nitrogen and oxygen atoms in total. The summed E-state index contributed by atoms with van der Waals surface area (Å²) < 4.78 is 1.98. The maximum atomic E-state index is 6.20. The van der Waals surface area contributed by atoms with Crippen molar-refractivity contribution in [3.8, 4) is 0 Å². The zero-order valence-corrected chi connectivity index (χ0v) is 10.9. The Labute approximate surface area is 106 Å². The van der Waals surface area contributed by atoms with E-state index in [9.17, 15) is 0 Å². The largest absolute Gasteiger partial charge is 0.382 e. The van der Waals surface area contributed by atoms with Crippen LogP contribution in [0.3, 0.4) is 0 Å². The number of aromatic nitrogens is 4. The molecule has 18 heavy (non-hydrogen) atoms. The molecule has 0 saturated carbocycles. The van der Waals surface area contributed by atoms with Crippen molar-refractivity contribution in [1.82, 2.24) is 19.5 Å². The maximum Gasteiger partial charge on any atom is 0.165 e. The maximum absolute atomic E-state index is 6.20. The Morgan fingerprint density at radius 2 is 2.11 bits per heavy atom. The monoisotopic (exact) mass is 248 g/mol. The quantitative estimate of drug-likeness (QED) is 0.835. The van der Waals surface area contributed by atoms with E-state index in [1.54, 1.807) is 6.33 Å². The third-order valence-corrected chi connectivity index (χ3v) is 3.34. The van der Waals surface area contributed by atoms with E-state index in [0.717, 1.165) is 24.9 Å². The van der Waals surface area contributed by atoms with Gasteiger partial charge in [-0.05, 0) is 13.3 Å². The van der Waals surface area contributed by atoms with Gasteiger partial charge in [-0.25, -0.2) is 15.0 Å². The Balaban J connectivity index is 2.28. The summed E-state index contributed by atoms with van der Waals surface area (Å²) in [6, 6.07) is 0.245. The highest BCUT2D eigenvalue weighted by atomic mass is 15.2. The molecule has 2 rings (SSSR count). The summed E-state index contributed by atoms with van der Waals surface area (Å²) in [7, 11) is 0. The second-order valence-corrected chi connectivity index (χ2v) is 4.63. The number of hydrogen-bond acceptors (Lipinski definition) is 5. The molecule has 0 aliphatic carbocycles. The van der Waals surface area contributed by atoms with Crippen molar-refractivity contribution in [2.75, 3.05) is 5.73 Å². The minimum absolute atomic E-state index is 0.0959. The Morgan fingerprint density at radius 3 is 2.83 bits per heavy atom. The van der Waals surface area contributed by atoms with Crippen LogP contribution in [0.2, 0.25) is 0 Å². The summed E-state index contributed by atoms with van der Waals surface area (Å²) in [5.41, 5.74) is 13.4. The molecule has 0 bridgehead atoms. The molecule has 0 fully saturated rings. The fourth-order valence-electron chi connectivity index (χ4n) is 2.06. The number of rotatable bonds is 5. The molecule has 2 aromatic rings. The number of nitrogen functional groups attached to an aromatic ring is 1. The molecule has 0 saturated heterocycles. The van der Waals surface area contributed by atoms with E-state index in [2.05, 4.69) is 28.8 Å². The SMILES string of the molecule is CCCCC(N)C(C)n1cnc2c(N)ncnc21. The van der Waals surface area contributed by atoms with E-state index in [0.29, 0.717) is 11.3 Å². The number of hydrogen-bond donors (Lipinski definition) is 2. The van der Waals surface area contributed by atoms with Gasteiger partial charge in [0.15, 0.2) is 11.5 Å². The van der Waals surface area contributed by atoms with Crippen LogP contribution in [0.1, 0.15) is 39.2 Å². The molecule has 2 heterocycles. The standard InChI is InChI=1S/C12H20N6/c1-3-4-5-9(13)8(2)18-7-17-10-11(14)15-6-16-12(10)18/h6-9H,3-5,13H2,1-2H3,(H2,14,15,16). The summed E-state index contributed by atoms with van der Waals surface area (Å²) in [4.78, 5) is 12.4. The van der Waals surface area contributed by atoms with Gasteiger partial charge >= 0.3 is 0 Å². The highest BCUT2D eigenvalue weighted by molar-refractivity contribution is 5.81. The number of imidazole rings is 1. The second-order valence-electron chi connectivity index (χ2n) is 4.63. The van der Waals surface area contributed by atoms with Crippen LogP contribution in [0, 0.1) is 0 Å². The van der Waals surface area contributed by atoms with Crippen molar-refractivity contribution in [1.29, 1.82) is 0 Å². The molecule has 0 spiro atoms. The highest BCUT2D eigenvalue weighted by Crippen LogP contribution is 2.21. The van der Waals surface area contributed by atoms with Gasteiger partial charge in [0, 0.05) is 12.1 Å². The minimum Gasteiger partial charge on any atom is -0.382 e. The highest BCUT2D eigenvalue weighted by Gasteiger charge is 2.18. The summed E-state index contributed by atoms with van der Waals surface area (Å²) >= 11 is 0. The van der Waals surface area contributed by atoms with Crippen LogP contribution in [-0.4, -0.2) is 25.6 Å². The van der Waals surface area contributed by atoms with E-state index in [1.807, 2.05) is 4.57 Å². The van der Waals surface area contributed by atoms with Gasteiger partial charge in [-0.2, -0.15) is 0 Å². The Morgan fingerprint density at radius 1 is 1.33 bits per heavy atom. The Hall–Kier alpha value is -1.69. The van der Waals surface area contributed by atoms with E-state index >= 15 is 0 Å². The normalized spacial score (nSPS) is 14.8. The topological polar surface area (TPSA) is 95.6 Å². The smallest absolute Gasteiger partial charge is 0.165 e. The molecule has 6 heteroatoms. The lowest BCUT2D eigenvalue weighted by Crippen LogP contribution is -2.30. The number of nitrogens with two attached hydrogens (primary N) is 2. The first kappa shape index (κ1) is 12.8. The predicted molar refractivity (Wildman–Crippen MR) is 71.9 cm³/mol. The van der Waals surface area contributed by atoms with E-state index in [4.69, 9.17) is 11.5 Å². The molecular formula is C12H20N6. The third kappa shape index (κ3) is 2.28. The Kier molecular flexibility index (Phi) is 3.76. The molecule has 2 unspecified atom stereocenters. The zero-order chi connectivity index (χ0) is 13.1. The second kappa shape index (κ2) is 5.30. The molecule has 0 aliphatic rings. The van der Waals surface area contributed by atoms with Crippen molar-refractivity contribution in [3.63, 3.8) is 0 Å². The van der Waals surface area contributed by atoms with E-state index in [-0.39, 0.29) is 12.1 Å². The summed E-state index contributed by atoms with van der Waals surface area (Å²) in [5.74, 6) is 0.410. The first-order chi connectivity index (χ1) is 8.65. The number of nitrogens with zero attached hydrogens (tertiary/aromatic N) is 4. The fraction of sp³-hybridized carbons (Fsp3) is 0.583. The van der Waals surface area contributed by atoms with Gasteiger partial charge in [0.25, 0.3) is 0 Å². The van der Waals surface area contributed by atoms with E-state index in [1.165, 1.54) is 6.33 Å². The molecule has 0 radical (unpaired) electrons. The molecule has 98 valence electrons. The molecule has 0 aromatic carbocycles. The van der Waals surface area contributed by atoms with Crippen molar-refractivity contribution in [2.45, 2.75) is 45.2 Å². The van der Waals surface area contributed by atoms with E-state index < -0.39 is 0 Å². The first-order valence-corrected chi connectivity index (χ1v) is 6.33. The molecule has 0 amide bonds. The summed E-state index contributed by atoms with van der Waals surface area (Å²) in [6.45, 7) is 4.25. The van der Waals surface area contributed by atoms with Crippen molar-refractivity contribution < 1.29 is 0 Å². The predicted octanol–water partition coefficient (Wildman–Crippen LogP) is 1.49. The van der Waals surface area contributed by atoms with Gasteiger partial charge in [0.2, 0.25) is 0 Å². The van der Waals surface area contributed by atoms with Gasteiger partial charge in [-0.3, -0.25) is 0 Å². The van der Waals surface area contributed by atoms with Gasteiger partial charge in [-0.15, -0.1) is 0 Å². The fourth-order valence-corrected chi connectivity index (χ4v) is 2.06. The van der Waals surface area contributed by atoms with Crippen molar-refractivity contribution in [3.05, 3.63) is 12.7 Å². The molecule has 2 aromatic heterocycles. The van der Waals surface area contributed by atoms with Gasteiger partial charge in [-0.1, -0.05) is 19.8 Å². The Bertz CT molecular complexity index is 520. The van der Waals surface area contributed by atoms with Crippen LogP contribution in [0.4, 0.5) is 5.82 Å². The van der Waals surface area contributed by atoms with Gasteiger partial charge in [0.05, 0.1) is 6.33 Å². The first-order valence-electron chi connectivity index (χ1n) is 6.33. The molecule has 4 N–H and O–H groups in total. The van der Waals surface area contributed by atoms with Crippen molar-refractivity contribution >= 4 is 17.0 Å². The summed E-state index contributed by atoms with van der Waals surface area (Å²) in [5, 5.41) is 0. The molecular weight excluding hydrogens is 228 g/mol. The lowest BCUT2D eigenvalue weighted by Gasteiger charge is -2.21. The third-order valence-electron chi connectivity index (χ3n) is 3.34. The number of anilines is 1. The van der Waals surface area contributed by atoms with Crippen LogP contribution >= 0.6 is 0 Å². The van der Waals surface area contributed by atoms with Crippen LogP contribution in [0.25, 0.3) is 11.2 Å². The zero-order valence-electron chi connectivity index (χ0n) is 10.9. The average molecular weight is 248 g/mol.